The standard InChI is InChI=1S/C17H16N2O/c1-12-7-13(2)9-15(8-12)17(20)19(3)16-6-4-5-14(10-16)11-18/h4-10H,1-3H3. The van der Waals surface area contributed by atoms with Gasteiger partial charge in [-0.15, -0.1) is 0 Å². The van der Waals surface area contributed by atoms with E-state index in [1.54, 1.807) is 30.1 Å². The SMILES string of the molecule is Cc1cc(C)cc(C(=O)N(C)c2cccc(C#N)c2)c1. The maximum absolute atomic E-state index is 12.5. The van der Waals surface area contributed by atoms with E-state index in [9.17, 15) is 4.79 Å². The highest BCUT2D eigenvalue weighted by atomic mass is 16.2. The molecule has 0 saturated carbocycles. The molecule has 0 saturated heterocycles. The highest BCUT2D eigenvalue weighted by Gasteiger charge is 2.14. The highest BCUT2D eigenvalue weighted by Crippen LogP contribution is 2.18. The second kappa shape index (κ2) is 5.58. The molecular formula is C17H16N2O. The molecular weight excluding hydrogens is 248 g/mol. The first kappa shape index (κ1) is 13.8. The molecule has 0 radical (unpaired) electrons. The predicted octanol–water partition coefficient (Wildman–Crippen LogP) is 3.45. The summed E-state index contributed by atoms with van der Waals surface area (Å²) in [6.07, 6.45) is 0. The summed E-state index contributed by atoms with van der Waals surface area (Å²) in [5.74, 6) is -0.0770. The Labute approximate surface area is 119 Å². The summed E-state index contributed by atoms with van der Waals surface area (Å²) < 4.78 is 0. The van der Waals surface area contributed by atoms with Gasteiger partial charge in [-0.2, -0.15) is 5.26 Å². The van der Waals surface area contributed by atoms with E-state index in [1.165, 1.54) is 0 Å². The lowest BCUT2D eigenvalue weighted by Crippen LogP contribution is -2.26. The lowest BCUT2D eigenvalue weighted by Gasteiger charge is -2.18. The zero-order valence-electron chi connectivity index (χ0n) is 11.8. The minimum atomic E-state index is -0.0770. The van der Waals surface area contributed by atoms with Crippen molar-refractivity contribution in [2.45, 2.75) is 13.8 Å². The molecule has 0 heterocycles. The number of nitrogens with zero attached hydrogens (tertiary/aromatic N) is 2. The van der Waals surface area contributed by atoms with Crippen molar-refractivity contribution in [1.82, 2.24) is 0 Å². The number of aryl methyl sites for hydroxylation is 2. The van der Waals surface area contributed by atoms with Gasteiger partial charge in [0.25, 0.3) is 5.91 Å². The summed E-state index contributed by atoms with van der Waals surface area (Å²) in [6.45, 7) is 3.94. The van der Waals surface area contributed by atoms with Crippen LogP contribution in [-0.4, -0.2) is 13.0 Å². The fourth-order valence-electron chi connectivity index (χ4n) is 2.19. The molecule has 2 rings (SSSR count). The van der Waals surface area contributed by atoms with Crippen molar-refractivity contribution in [1.29, 1.82) is 5.26 Å². The summed E-state index contributed by atoms with van der Waals surface area (Å²) in [4.78, 5) is 14.1. The van der Waals surface area contributed by atoms with Crippen molar-refractivity contribution < 1.29 is 4.79 Å². The smallest absolute Gasteiger partial charge is 0.258 e. The van der Waals surface area contributed by atoms with Crippen LogP contribution in [0, 0.1) is 25.2 Å². The number of hydrogen-bond acceptors (Lipinski definition) is 2. The van der Waals surface area contributed by atoms with Crippen LogP contribution in [0.5, 0.6) is 0 Å². The van der Waals surface area contributed by atoms with Gasteiger partial charge >= 0.3 is 0 Å². The third-order valence-electron chi connectivity index (χ3n) is 3.14. The normalized spacial score (nSPS) is 9.90. The summed E-state index contributed by atoms with van der Waals surface area (Å²) in [5, 5.41) is 8.92. The summed E-state index contributed by atoms with van der Waals surface area (Å²) in [6, 6.07) is 14.9. The maximum atomic E-state index is 12.5. The Hall–Kier alpha value is -2.60. The maximum Gasteiger partial charge on any atom is 0.258 e. The van der Waals surface area contributed by atoms with Crippen LogP contribution in [-0.2, 0) is 0 Å². The van der Waals surface area contributed by atoms with Gasteiger partial charge in [0.05, 0.1) is 11.6 Å². The van der Waals surface area contributed by atoms with Crippen molar-refractivity contribution in [2.75, 3.05) is 11.9 Å². The fourth-order valence-corrected chi connectivity index (χ4v) is 2.19. The Kier molecular flexibility index (Phi) is 3.86. The van der Waals surface area contributed by atoms with Gasteiger partial charge in [-0.3, -0.25) is 4.79 Å². The molecule has 3 heteroatoms. The van der Waals surface area contributed by atoms with Gasteiger partial charge in [0.2, 0.25) is 0 Å². The molecule has 0 spiro atoms. The first-order chi connectivity index (χ1) is 9.51. The molecule has 0 aliphatic rings. The van der Waals surface area contributed by atoms with Crippen LogP contribution in [0.15, 0.2) is 42.5 Å². The van der Waals surface area contributed by atoms with Crippen LogP contribution >= 0.6 is 0 Å². The first-order valence-corrected chi connectivity index (χ1v) is 6.38. The van der Waals surface area contributed by atoms with Gasteiger partial charge in [0, 0.05) is 18.3 Å². The third-order valence-corrected chi connectivity index (χ3v) is 3.14. The zero-order valence-corrected chi connectivity index (χ0v) is 11.8. The van der Waals surface area contributed by atoms with Crippen LogP contribution in [0.2, 0.25) is 0 Å². The van der Waals surface area contributed by atoms with Crippen molar-refractivity contribution in [2.24, 2.45) is 0 Å². The molecule has 3 nitrogen and oxygen atoms in total. The molecule has 0 atom stereocenters. The van der Waals surface area contributed by atoms with E-state index < -0.39 is 0 Å². The van der Waals surface area contributed by atoms with Gasteiger partial charge in [0.15, 0.2) is 0 Å². The summed E-state index contributed by atoms with van der Waals surface area (Å²) in [7, 11) is 1.72. The third kappa shape index (κ3) is 2.86. The Morgan fingerprint density at radius 1 is 1.10 bits per heavy atom. The van der Waals surface area contributed by atoms with E-state index >= 15 is 0 Å². The number of hydrogen-bond donors (Lipinski definition) is 0. The molecule has 1 amide bonds. The number of nitriles is 1. The van der Waals surface area contributed by atoms with E-state index in [0.29, 0.717) is 16.8 Å². The van der Waals surface area contributed by atoms with Crippen LogP contribution in [0.3, 0.4) is 0 Å². The van der Waals surface area contributed by atoms with Crippen LogP contribution in [0.1, 0.15) is 27.0 Å². The molecule has 0 fully saturated rings. The topological polar surface area (TPSA) is 44.1 Å². The van der Waals surface area contributed by atoms with Gasteiger partial charge in [-0.1, -0.05) is 23.3 Å². The Bertz CT molecular complexity index is 678. The molecule has 0 N–H and O–H groups in total. The zero-order chi connectivity index (χ0) is 14.7. The summed E-state index contributed by atoms with van der Waals surface area (Å²) >= 11 is 0. The Morgan fingerprint density at radius 3 is 2.35 bits per heavy atom. The average molecular weight is 264 g/mol. The quantitative estimate of drug-likeness (QED) is 0.833. The van der Waals surface area contributed by atoms with E-state index in [4.69, 9.17) is 5.26 Å². The molecule has 2 aromatic rings. The predicted molar refractivity (Wildman–Crippen MR) is 79.8 cm³/mol. The molecule has 0 unspecified atom stereocenters. The van der Waals surface area contributed by atoms with Crippen molar-refractivity contribution in [3.8, 4) is 6.07 Å². The molecule has 0 aliphatic carbocycles. The minimum Gasteiger partial charge on any atom is -0.311 e. The number of amides is 1. The Balaban J connectivity index is 2.35. The number of carbonyl (C=O) groups excluding carboxylic acids is 1. The first-order valence-electron chi connectivity index (χ1n) is 6.38. The van der Waals surface area contributed by atoms with Crippen molar-refractivity contribution >= 4 is 11.6 Å². The molecule has 0 aromatic heterocycles. The van der Waals surface area contributed by atoms with Gasteiger partial charge in [-0.05, 0) is 44.2 Å². The van der Waals surface area contributed by atoms with Crippen molar-refractivity contribution in [3.63, 3.8) is 0 Å². The lowest BCUT2D eigenvalue weighted by molar-refractivity contribution is 0.0993. The molecule has 0 aliphatic heterocycles. The van der Waals surface area contributed by atoms with Crippen LogP contribution in [0.4, 0.5) is 5.69 Å². The molecule has 2 aromatic carbocycles. The van der Waals surface area contributed by atoms with Gasteiger partial charge in [0.1, 0.15) is 0 Å². The van der Waals surface area contributed by atoms with Crippen molar-refractivity contribution in [3.05, 3.63) is 64.7 Å². The molecule has 20 heavy (non-hydrogen) atoms. The van der Waals surface area contributed by atoms with E-state index in [2.05, 4.69) is 6.07 Å². The van der Waals surface area contributed by atoms with Gasteiger partial charge < -0.3 is 4.90 Å². The summed E-state index contributed by atoms with van der Waals surface area (Å²) in [5.41, 5.74) is 4.04. The Morgan fingerprint density at radius 2 is 1.75 bits per heavy atom. The number of rotatable bonds is 2. The van der Waals surface area contributed by atoms with E-state index in [0.717, 1.165) is 11.1 Å². The van der Waals surface area contributed by atoms with Crippen LogP contribution in [0.25, 0.3) is 0 Å². The monoisotopic (exact) mass is 264 g/mol. The van der Waals surface area contributed by atoms with E-state index in [-0.39, 0.29) is 5.91 Å². The average Bonchev–Trinajstić information content (AvgIpc) is 2.44. The molecule has 0 bridgehead atoms. The minimum absolute atomic E-state index is 0.0770. The lowest BCUT2D eigenvalue weighted by atomic mass is 10.1. The molecule has 100 valence electrons. The number of anilines is 1. The highest BCUT2D eigenvalue weighted by molar-refractivity contribution is 6.06. The fraction of sp³-hybridized carbons (Fsp3) is 0.176. The number of carbonyl (C=O) groups is 1. The second-order valence-corrected chi connectivity index (χ2v) is 4.90. The van der Waals surface area contributed by atoms with Gasteiger partial charge in [-0.25, -0.2) is 0 Å². The largest absolute Gasteiger partial charge is 0.311 e. The van der Waals surface area contributed by atoms with E-state index in [1.807, 2.05) is 38.1 Å². The second-order valence-electron chi connectivity index (χ2n) is 4.90. The number of benzene rings is 2. The van der Waals surface area contributed by atoms with Crippen LogP contribution < -0.4 is 4.90 Å².